The zero-order valence-electron chi connectivity index (χ0n) is 7.73. The fraction of sp³-hybridized carbons (Fsp3) is 0.333. The number of aliphatic hydroxyl groups excluding tert-OH is 1. The van der Waals surface area contributed by atoms with Crippen LogP contribution in [0.4, 0.5) is 10.5 Å². The molecule has 0 fully saturated rings. The molecule has 5 heteroatoms. The van der Waals surface area contributed by atoms with Crippen molar-refractivity contribution in [2.45, 2.75) is 6.42 Å². The Balaban J connectivity index is 2.27. The minimum Gasteiger partial charge on any atom is -0.396 e. The highest BCUT2D eigenvalue weighted by molar-refractivity contribution is 5.88. The van der Waals surface area contributed by atoms with Crippen molar-refractivity contribution in [1.29, 1.82) is 0 Å². The molecule has 1 aromatic rings. The van der Waals surface area contributed by atoms with E-state index < -0.39 is 0 Å². The number of rotatable bonds is 4. The first-order valence-electron chi connectivity index (χ1n) is 4.38. The van der Waals surface area contributed by atoms with Crippen molar-refractivity contribution in [2.75, 3.05) is 18.5 Å². The molecule has 0 bridgehead atoms. The molecule has 2 amide bonds. The minimum atomic E-state index is -0.273. The standard InChI is InChI=1S/C9H13N3O2/c13-7-1-4-11-9(14)12-8-2-5-10-6-3-8/h2-3,5-6,13H,1,4,7H2,(H2,10,11,12,14). The molecule has 0 spiro atoms. The number of carbonyl (C=O) groups excluding carboxylic acids is 1. The molecular formula is C9H13N3O2. The summed E-state index contributed by atoms with van der Waals surface area (Å²) >= 11 is 0. The molecule has 0 atom stereocenters. The molecule has 76 valence electrons. The number of urea groups is 1. The average Bonchev–Trinajstić information content (AvgIpc) is 2.20. The number of pyridine rings is 1. The molecule has 1 aromatic heterocycles. The lowest BCUT2D eigenvalue weighted by Gasteiger charge is -2.05. The summed E-state index contributed by atoms with van der Waals surface area (Å²) in [5, 5.41) is 13.7. The number of aliphatic hydroxyl groups is 1. The monoisotopic (exact) mass is 195 g/mol. The van der Waals surface area contributed by atoms with E-state index in [-0.39, 0.29) is 12.6 Å². The molecule has 0 saturated heterocycles. The van der Waals surface area contributed by atoms with Crippen LogP contribution in [-0.2, 0) is 0 Å². The second kappa shape index (κ2) is 5.93. The summed E-state index contributed by atoms with van der Waals surface area (Å²) in [6.45, 7) is 0.545. The fourth-order valence-corrected chi connectivity index (χ4v) is 0.892. The molecule has 1 rings (SSSR count). The van der Waals surface area contributed by atoms with Gasteiger partial charge in [0.05, 0.1) is 0 Å². The van der Waals surface area contributed by atoms with Crippen LogP contribution in [0.2, 0.25) is 0 Å². The van der Waals surface area contributed by atoms with Crippen molar-refractivity contribution in [3.8, 4) is 0 Å². The smallest absolute Gasteiger partial charge is 0.319 e. The normalized spacial score (nSPS) is 9.50. The van der Waals surface area contributed by atoms with Gasteiger partial charge in [-0.2, -0.15) is 0 Å². The molecule has 0 unspecified atom stereocenters. The number of nitrogens with zero attached hydrogens (tertiary/aromatic N) is 1. The van der Waals surface area contributed by atoms with E-state index >= 15 is 0 Å². The van der Waals surface area contributed by atoms with Gasteiger partial charge >= 0.3 is 6.03 Å². The van der Waals surface area contributed by atoms with Gasteiger partial charge in [0.1, 0.15) is 0 Å². The number of aromatic nitrogens is 1. The van der Waals surface area contributed by atoms with Crippen molar-refractivity contribution in [2.24, 2.45) is 0 Å². The zero-order chi connectivity index (χ0) is 10.2. The van der Waals surface area contributed by atoms with Crippen LogP contribution >= 0.6 is 0 Å². The SMILES string of the molecule is O=C(NCCCO)Nc1ccncc1. The first-order valence-corrected chi connectivity index (χ1v) is 4.38. The summed E-state index contributed by atoms with van der Waals surface area (Å²) in [6.07, 6.45) is 3.76. The first kappa shape index (κ1) is 10.5. The van der Waals surface area contributed by atoms with Crippen molar-refractivity contribution in [3.05, 3.63) is 24.5 Å². The lowest BCUT2D eigenvalue weighted by atomic mass is 10.4. The van der Waals surface area contributed by atoms with Crippen LogP contribution in [0, 0.1) is 0 Å². The topological polar surface area (TPSA) is 74.2 Å². The second-order valence-corrected chi connectivity index (χ2v) is 2.69. The van der Waals surface area contributed by atoms with E-state index in [1.165, 1.54) is 0 Å². The Hall–Kier alpha value is -1.62. The van der Waals surface area contributed by atoms with E-state index in [0.717, 1.165) is 0 Å². The van der Waals surface area contributed by atoms with E-state index in [0.29, 0.717) is 18.7 Å². The quantitative estimate of drug-likeness (QED) is 0.615. The molecule has 0 aliphatic heterocycles. The Labute approximate surface area is 82.2 Å². The predicted octanol–water partition coefficient (Wildman–Crippen LogP) is 0.585. The summed E-state index contributed by atoms with van der Waals surface area (Å²) in [7, 11) is 0. The molecule has 5 nitrogen and oxygen atoms in total. The van der Waals surface area contributed by atoms with Gasteiger partial charge in [0.15, 0.2) is 0 Å². The van der Waals surface area contributed by atoms with E-state index in [4.69, 9.17) is 5.11 Å². The summed E-state index contributed by atoms with van der Waals surface area (Å²) in [5.74, 6) is 0. The maximum absolute atomic E-state index is 11.2. The highest BCUT2D eigenvalue weighted by Gasteiger charge is 1.98. The maximum atomic E-state index is 11.2. The van der Waals surface area contributed by atoms with Gasteiger partial charge in [-0.05, 0) is 18.6 Å². The van der Waals surface area contributed by atoms with E-state index in [1.54, 1.807) is 24.5 Å². The molecule has 0 saturated carbocycles. The molecule has 3 N–H and O–H groups in total. The highest BCUT2D eigenvalue weighted by Crippen LogP contribution is 2.01. The van der Waals surface area contributed by atoms with Gasteiger partial charge < -0.3 is 15.7 Å². The van der Waals surface area contributed by atoms with Gasteiger partial charge in [-0.3, -0.25) is 4.98 Å². The molecule has 14 heavy (non-hydrogen) atoms. The third kappa shape index (κ3) is 3.86. The summed E-state index contributed by atoms with van der Waals surface area (Å²) < 4.78 is 0. The number of nitrogens with one attached hydrogen (secondary N) is 2. The van der Waals surface area contributed by atoms with E-state index in [2.05, 4.69) is 15.6 Å². The Morgan fingerprint density at radius 2 is 2.14 bits per heavy atom. The van der Waals surface area contributed by atoms with Crippen molar-refractivity contribution < 1.29 is 9.90 Å². The van der Waals surface area contributed by atoms with Crippen LogP contribution in [0.5, 0.6) is 0 Å². The van der Waals surface area contributed by atoms with Crippen LogP contribution in [0.25, 0.3) is 0 Å². The van der Waals surface area contributed by atoms with Crippen LogP contribution in [0.3, 0.4) is 0 Å². The average molecular weight is 195 g/mol. The molecule has 0 aliphatic rings. The lowest BCUT2D eigenvalue weighted by Crippen LogP contribution is -2.29. The second-order valence-electron chi connectivity index (χ2n) is 2.69. The number of hydrogen-bond donors (Lipinski definition) is 3. The number of anilines is 1. The predicted molar refractivity (Wildman–Crippen MR) is 53.0 cm³/mol. The van der Waals surface area contributed by atoms with E-state index in [1.807, 2.05) is 0 Å². The van der Waals surface area contributed by atoms with Gasteiger partial charge in [-0.1, -0.05) is 0 Å². The summed E-state index contributed by atoms with van der Waals surface area (Å²) in [5.41, 5.74) is 0.696. The minimum absolute atomic E-state index is 0.0789. The Kier molecular flexibility index (Phi) is 4.43. The number of amides is 2. The molecule has 0 aromatic carbocycles. The largest absolute Gasteiger partial charge is 0.396 e. The zero-order valence-corrected chi connectivity index (χ0v) is 7.73. The summed E-state index contributed by atoms with van der Waals surface area (Å²) in [4.78, 5) is 15.0. The van der Waals surface area contributed by atoms with Gasteiger partial charge in [0.25, 0.3) is 0 Å². The molecular weight excluding hydrogens is 182 g/mol. The van der Waals surface area contributed by atoms with Crippen molar-refractivity contribution in [3.63, 3.8) is 0 Å². The third-order valence-electron chi connectivity index (χ3n) is 1.56. The van der Waals surface area contributed by atoms with Crippen LogP contribution in [-0.4, -0.2) is 29.3 Å². The summed E-state index contributed by atoms with van der Waals surface area (Å²) in [6, 6.07) is 3.13. The van der Waals surface area contributed by atoms with Gasteiger partial charge in [0, 0.05) is 31.2 Å². The Morgan fingerprint density at radius 1 is 1.43 bits per heavy atom. The number of carbonyl (C=O) groups is 1. The fourth-order valence-electron chi connectivity index (χ4n) is 0.892. The lowest BCUT2D eigenvalue weighted by molar-refractivity contribution is 0.249. The molecule has 0 radical (unpaired) electrons. The maximum Gasteiger partial charge on any atom is 0.319 e. The van der Waals surface area contributed by atoms with Crippen molar-refractivity contribution >= 4 is 11.7 Å². The van der Waals surface area contributed by atoms with Crippen LogP contribution in [0.15, 0.2) is 24.5 Å². The van der Waals surface area contributed by atoms with E-state index in [9.17, 15) is 4.79 Å². The number of hydrogen-bond acceptors (Lipinski definition) is 3. The Morgan fingerprint density at radius 3 is 2.79 bits per heavy atom. The van der Waals surface area contributed by atoms with Gasteiger partial charge in [0.2, 0.25) is 0 Å². The Bertz CT molecular complexity index is 277. The molecule has 1 heterocycles. The highest BCUT2D eigenvalue weighted by atomic mass is 16.3. The van der Waals surface area contributed by atoms with Crippen LogP contribution < -0.4 is 10.6 Å². The molecule has 0 aliphatic carbocycles. The van der Waals surface area contributed by atoms with Crippen LogP contribution in [0.1, 0.15) is 6.42 Å². The van der Waals surface area contributed by atoms with Gasteiger partial charge in [-0.15, -0.1) is 0 Å². The first-order chi connectivity index (χ1) is 6.83. The van der Waals surface area contributed by atoms with Crippen molar-refractivity contribution in [1.82, 2.24) is 10.3 Å². The third-order valence-corrected chi connectivity index (χ3v) is 1.56. The van der Waals surface area contributed by atoms with Gasteiger partial charge in [-0.25, -0.2) is 4.79 Å².